The molecule has 2 fully saturated rings. The van der Waals surface area contributed by atoms with Gasteiger partial charge in [-0.2, -0.15) is 4.98 Å². The standard InChI is InChI=1S/C25H29BrN8O3/c26-20-14-16-15-27-23(31-21(16)30-22(20)32-24(35)29-17-4-2-1-3-5-17)28-18-6-8-19(9-7-18)33-10-12-34(13-11-33)25(36)37/h6-9,14-15,17H,1-5,10-13H2,(H,36,37)(H3,27,28,29,30,31,32,35). The first kappa shape index (κ1) is 25.0. The summed E-state index contributed by atoms with van der Waals surface area (Å²) in [5.74, 6) is 0.792. The summed E-state index contributed by atoms with van der Waals surface area (Å²) in [6.45, 7) is 2.29. The Bertz CT molecular complexity index is 1270. The van der Waals surface area contributed by atoms with Crippen molar-refractivity contribution in [2.75, 3.05) is 41.7 Å². The summed E-state index contributed by atoms with van der Waals surface area (Å²) in [6, 6.07) is 9.61. The molecule has 11 nitrogen and oxygen atoms in total. The van der Waals surface area contributed by atoms with Crippen molar-refractivity contribution >= 4 is 62.2 Å². The monoisotopic (exact) mass is 568 g/mol. The number of piperazine rings is 1. The molecule has 12 heteroatoms. The number of pyridine rings is 1. The molecule has 0 atom stereocenters. The third-order valence-corrected chi connectivity index (χ3v) is 7.34. The van der Waals surface area contributed by atoms with Gasteiger partial charge in [0.1, 0.15) is 0 Å². The van der Waals surface area contributed by atoms with Crippen LogP contribution in [0.15, 0.2) is 41.0 Å². The number of amides is 3. The minimum atomic E-state index is -0.873. The molecule has 1 aliphatic heterocycles. The van der Waals surface area contributed by atoms with E-state index in [1.807, 2.05) is 30.3 Å². The van der Waals surface area contributed by atoms with Gasteiger partial charge in [-0.15, -0.1) is 0 Å². The maximum atomic E-state index is 12.5. The molecule has 0 spiro atoms. The van der Waals surface area contributed by atoms with Gasteiger partial charge in [0.25, 0.3) is 0 Å². The average molecular weight is 569 g/mol. The molecule has 194 valence electrons. The number of hydrogen-bond donors (Lipinski definition) is 4. The van der Waals surface area contributed by atoms with Crippen LogP contribution in [0.2, 0.25) is 0 Å². The van der Waals surface area contributed by atoms with Crippen molar-refractivity contribution in [3.63, 3.8) is 0 Å². The predicted octanol–water partition coefficient (Wildman–Crippen LogP) is 4.79. The zero-order chi connectivity index (χ0) is 25.8. The lowest BCUT2D eigenvalue weighted by molar-refractivity contribution is 0.142. The number of aromatic nitrogens is 3. The lowest BCUT2D eigenvalue weighted by Crippen LogP contribution is -2.48. The van der Waals surface area contributed by atoms with Gasteiger partial charge in [0.15, 0.2) is 11.5 Å². The number of nitrogens with one attached hydrogen (secondary N) is 3. The maximum absolute atomic E-state index is 12.5. The Kier molecular flexibility index (Phi) is 7.54. The van der Waals surface area contributed by atoms with E-state index in [0.717, 1.165) is 42.4 Å². The normalized spacial score (nSPS) is 16.5. The van der Waals surface area contributed by atoms with E-state index >= 15 is 0 Å². The number of carbonyl (C=O) groups is 2. The Morgan fingerprint density at radius 2 is 1.73 bits per heavy atom. The van der Waals surface area contributed by atoms with Crippen LogP contribution in [0.3, 0.4) is 0 Å². The van der Waals surface area contributed by atoms with Crippen molar-refractivity contribution < 1.29 is 14.7 Å². The molecule has 4 N–H and O–H groups in total. The van der Waals surface area contributed by atoms with Crippen molar-refractivity contribution in [1.82, 2.24) is 25.2 Å². The molecule has 37 heavy (non-hydrogen) atoms. The molecule has 1 saturated carbocycles. The Morgan fingerprint density at radius 1 is 1.00 bits per heavy atom. The first-order chi connectivity index (χ1) is 17.9. The summed E-state index contributed by atoms with van der Waals surface area (Å²) in [5.41, 5.74) is 2.31. The molecule has 5 rings (SSSR count). The second kappa shape index (κ2) is 11.2. The number of nitrogens with zero attached hydrogens (tertiary/aromatic N) is 5. The molecule has 1 saturated heterocycles. The van der Waals surface area contributed by atoms with Crippen LogP contribution in [0, 0.1) is 0 Å². The number of benzene rings is 1. The summed E-state index contributed by atoms with van der Waals surface area (Å²) in [7, 11) is 0. The zero-order valence-electron chi connectivity index (χ0n) is 20.3. The quantitative estimate of drug-likeness (QED) is 0.345. The third-order valence-electron chi connectivity index (χ3n) is 6.73. The Hall–Kier alpha value is -3.67. The van der Waals surface area contributed by atoms with E-state index in [1.54, 1.807) is 6.20 Å². The number of halogens is 1. The molecule has 2 aliphatic rings. The van der Waals surface area contributed by atoms with Crippen LogP contribution in [0.1, 0.15) is 32.1 Å². The smallest absolute Gasteiger partial charge is 0.407 e. The third kappa shape index (κ3) is 6.19. The molecular weight excluding hydrogens is 540 g/mol. The van der Waals surface area contributed by atoms with Crippen LogP contribution in [-0.2, 0) is 0 Å². The fourth-order valence-electron chi connectivity index (χ4n) is 4.70. The highest BCUT2D eigenvalue weighted by atomic mass is 79.9. The highest BCUT2D eigenvalue weighted by molar-refractivity contribution is 9.10. The molecule has 1 aromatic carbocycles. The maximum Gasteiger partial charge on any atom is 0.407 e. The Balaban J connectivity index is 1.23. The van der Waals surface area contributed by atoms with E-state index in [2.05, 4.69) is 51.7 Å². The summed E-state index contributed by atoms with van der Waals surface area (Å²) >= 11 is 3.48. The van der Waals surface area contributed by atoms with Crippen molar-refractivity contribution in [3.05, 3.63) is 41.0 Å². The first-order valence-corrected chi connectivity index (χ1v) is 13.2. The first-order valence-electron chi connectivity index (χ1n) is 12.5. The minimum Gasteiger partial charge on any atom is -0.465 e. The van der Waals surface area contributed by atoms with Gasteiger partial charge >= 0.3 is 12.1 Å². The zero-order valence-corrected chi connectivity index (χ0v) is 21.9. The molecular formula is C25H29BrN8O3. The fourth-order valence-corrected chi connectivity index (χ4v) is 5.14. The average Bonchev–Trinajstić information content (AvgIpc) is 2.90. The molecule has 0 bridgehead atoms. The molecule has 1 aliphatic carbocycles. The fraction of sp³-hybridized carbons (Fsp3) is 0.400. The molecule has 3 aromatic rings. The highest BCUT2D eigenvalue weighted by Crippen LogP contribution is 2.26. The minimum absolute atomic E-state index is 0.201. The number of urea groups is 1. The number of rotatable bonds is 5. The number of hydrogen-bond acceptors (Lipinski definition) is 7. The van der Waals surface area contributed by atoms with Gasteiger partial charge in [-0.3, -0.25) is 5.32 Å². The van der Waals surface area contributed by atoms with Crippen LogP contribution in [-0.4, -0.2) is 69.3 Å². The SMILES string of the molecule is O=C(Nc1nc2nc(Nc3ccc(N4CCN(C(=O)O)CC4)cc3)ncc2cc1Br)NC1CCCCC1. The molecule has 0 radical (unpaired) electrons. The Morgan fingerprint density at radius 3 is 2.43 bits per heavy atom. The van der Waals surface area contributed by atoms with Gasteiger partial charge in [0.2, 0.25) is 5.95 Å². The van der Waals surface area contributed by atoms with Gasteiger partial charge in [0, 0.05) is 55.2 Å². The van der Waals surface area contributed by atoms with Crippen LogP contribution in [0.5, 0.6) is 0 Å². The summed E-state index contributed by atoms with van der Waals surface area (Å²) in [4.78, 5) is 40.7. The molecule has 3 amide bonds. The van der Waals surface area contributed by atoms with E-state index < -0.39 is 6.09 Å². The van der Waals surface area contributed by atoms with Crippen LogP contribution < -0.4 is 20.9 Å². The number of carboxylic acid groups (broad SMARTS) is 1. The van der Waals surface area contributed by atoms with E-state index in [0.29, 0.717) is 48.1 Å². The van der Waals surface area contributed by atoms with Gasteiger partial charge < -0.3 is 25.5 Å². The number of fused-ring (bicyclic) bond motifs is 1. The van der Waals surface area contributed by atoms with E-state index in [1.165, 1.54) is 11.3 Å². The second-order valence-corrected chi connectivity index (χ2v) is 10.1. The topological polar surface area (TPSA) is 136 Å². The van der Waals surface area contributed by atoms with Gasteiger partial charge in [0.05, 0.1) is 4.47 Å². The van der Waals surface area contributed by atoms with Gasteiger partial charge in [-0.25, -0.2) is 19.6 Å². The summed E-state index contributed by atoms with van der Waals surface area (Å²) in [6.07, 6.45) is 6.33. The van der Waals surface area contributed by atoms with Crippen molar-refractivity contribution in [3.8, 4) is 0 Å². The lowest BCUT2D eigenvalue weighted by Gasteiger charge is -2.34. The lowest BCUT2D eigenvalue weighted by atomic mass is 9.96. The largest absolute Gasteiger partial charge is 0.465 e. The van der Waals surface area contributed by atoms with E-state index in [4.69, 9.17) is 5.11 Å². The molecule has 2 aromatic heterocycles. The Labute approximate surface area is 222 Å². The van der Waals surface area contributed by atoms with Crippen molar-refractivity contribution in [1.29, 1.82) is 0 Å². The molecule has 0 unspecified atom stereocenters. The predicted molar refractivity (Wildman–Crippen MR) is 146 cm³/mol. The van der Waals surface area contributed by atoms with Crippen LogP contribution >= 0.6 is 15.9 Å². The highest BCUT2D eigenvalue weighted by Gasteiger charge is 2.21. The second-order valence-electron chi connectivity index (χ2n) is 9.29. The molecule has 3 heterocycles. The van der Waals surface area contributed by atoms with Gasteiger partial charge in [-0.1, -0.05) is 19.3 Å². The number of anilines is 4. The summed E-state index contributed by atoms with van der Waals surface area (Å²) in [5, 5.41) is 18.9. The van der Waals surface area contributed by atoms with E-state index in [9.17, 15) is 9.59 Å². The van der Waals surface area contributed by atoms with Crippen molar-refractivity contribution in [2.24, 2.45) is 0 Å². The van der Waals surface area contributed by atoms with E-state index in [-0.39, 0.29) is 12.1 Å². The van der Waals surface area contributed by atoms with Crippen LogP contribution in [0.4, 0.5) is 32.7 Å². The number of carbonyl (C=O) groups excluding carboxylic acids is 1. The van der Waals surface area contributed by atoms with Crippen molar-refractivity contribution in [2.45, 2.75) is 38.1 Å². The van der Waals surface area contributed by atoms with Crippen LogP contribution in [0.25, 0.3) is 11.0 Å². The van der Waals surface area contributed by atoms with Gasteiger partial charge in [-0.05, 0) is 59.1 Å². The summed E-state index contributed by atoms with van der Waals surface area (Å²) < 4.78 is 0.655.